The summed E-state index contributed by atoms with van der Waals surface area (Å²) in [5.41, 5.74) is 1.57. The second kappa shape index (κ2) is 10.2. The van der Waals surface area contributed by atoms with Gasteiger partial charge in [0.15, 0.2) is 17.2 Å². The van der Waals surface area contributed by atoms with Crippen LogP contribution in [0, 0.1) is 5.92 Å². The Bertz CT molecular complexity index is 1440. The van der Waals surface area contributed by atoms with Crippen LogP contribution >= 0.6 is 0 Å². The molecule has 1 aliphatic heterocycles. The first-order valence-electron chi connectivity index (χ1n) is 12.2. The number of ether oxygens (including phenoxy) is 1. The van der Waals surface area contributed by atoms with Gasteiger partial charge in [0.2, 0.25) is 0 Å². The molecule has 0 aliphatic carbocycles. The molecule has 1 fully saturated rings. The van der Waals surface area contributed by atoms with Crippen LogP contribution in [-0.2, 0) is 0 Å². The number of hydrogen-bond acceptors (Lipinski definition) is 7. The Kier molecular flexibility index (Phi) is 6.66. The van der Waals surface area contributed by atoms with E-state index < -0.39 is 11.5 Å². The highest BCUT2D eigenvalue weighted by Gasteiger charge is 2.18. The van der Waals surface area contributed by atoms with Gasteiger partial charge < -0.3 is 19.4 Å². The molecule has 1 amide bonds. The van der Waals surface area contributed by atoms with E-state index in [1.165, 1.54) is 6.07 Å². The molecule has 0 atom stereocenters. The minimum absolute atomic E-state index is 0.0819. The van der Waals surface area contributed by atoms with Crippen molar-refractivity contribution in [1.29, 1.82) is 0 Å². The van der Waals surface area contributed by atoms with Crippen molar-refractivity contribution < 1.29 is 13.9 Å². The van der Waals surface area contributed by atoms with Crippen molar-refractivity contribution in [3.05, 3.63) is 76.6 Å². The zero-order valence-electron chi connectivity index (χ0n) is 20.4. The molecule has 3 heterocycles. The number of nitrogens with one attached hydrogen (secondary N) is 1. The van der Waals surface area contributed by atoms with E-state index in [4.69, 9.17) is 9.15 Å². The van der Waals surface area contributed by atoms with Crippen molar-refractivity contribution in [3.8, 4) is 17.0 Å². The SMILES string of the molecule is CCOc1cccc2cc(C(=O)Nc3cccc(-c4ccc(N5CCC(C)CC5)nn4)c3)c(=O)oc12. The zero-order valence-corrected chi connectivity index (χ0v) is 20.4. The molecule has 2 aromatic heterocycles. The number of para-hydroxylation sites is 1. The molecule has 36 heavy (non-hydrogen) atoms. The van der Waals surface area contributed by atoms with Gasteiger partial charge in [-0.1, -0.05) is 31.2 Å². The summed E-state index contributed by atoms with van der Waals surface area (Å²) in [5, 5.41) is 12.2. The fraction of sp³-hybridized carbons (Fsp3) is 0.286. The topological polar surface area (TPSA) is 97.6 Å². The lowest BCUT2D eigenvalue weighted by molar-refractivity contribution is 0.102. The number of benzene rings is 2. The number of anilines is 2. The predicted octanol–water partition coefficient (Wildman–Crippen LogP) is 5.14. The summed E-state index contributed by atoms with van der Waals surface area (Å²) < 4.78 is 11.0. The van der Waals surface area contributed by atoms with Crippen LogP contribution in [0.15, 0.2) is 69.9 Å². The van der Waals surface area contributed by atoms with E-state index in [0.717, 1.165) is 43.2 Å². The van der Waals surface area contributed by atoms with E-state index in [9.17, 15) is 9.59 Å². The van der Waals surface area contributed by atoms with Crippen LogP contribution in [0.5, 0.6) is 5.75 Å². The summed E-state index contributed by atoms with van der Waals surface area (Å²) in [7, 11) is 0. The fourth-order valence-electron chi connectivity index (χ4n) is 4.39. The van der Waals surface area contributed by atoms with Gasteiger partial charge in [-0.15, -0.1) is 10.2 Å². The zero-order chi connectivity index (χ0) is 25.1. The van der Waals surface area contributed by atoms with Gasteiger partial charge in [0.25, 0.3) is 5.91 Å². The third kappa shape index (κ3) is 4.93. The summed E-state index contributed by atoms with van der Waals surface area (Å²) >= 11 is 0. The minimum Gasteiger partial charge on any atom is -0.490 e. The summed E-state index contributed by atoms with van der Waals surface area (Å²) in [6.45, 7) is 6.55. The number of carbonyl (C=O) groups excluding carboxylic acids is 1. The standard InChI is InChI=1S/C28H28N4O4/c1-3-35-24-9-5-7-20-17-22(28(34)36-26(20)24)27(33)29-21-8-4-6-19(16-21)23-10-11-25(31-30-23)32-14-12-18(2)13-15-32/h4-11,16-18H,3,12-15H2,1-2H3,(H,29,33). The third-order valence-electron chi connectivity index (χ3n) is 6.44. The average Bonchev–Trinajstić information content (AvgIpc) is 2.89. The minimum atomic E-state index is -0.725. The van der Waals surface area contributed by atoms with Crippen LogP contribution in [0.4, 0.5) is 11.5 Å². The number of amides is 1. The number of hydrogen-bond donors (Lipinski definition) is 1. The number of nitrogens with zero attached hydrogens (tertiary/aromatic N) is 3. The normalized spacial score (nSPS) is 14.1. The molecule has 1 N–H and O–H groups in total. The molecule has 8 heteroatoms. The van der Waals surface area contributed by atoms with E-state index in [-0.39, 0.29) is 5.56 Å². The fourth-order valence-corrected chi connectivity index (χ4v) is 4.39. The molecule has 2 aromatic carbocycles. The lowest BCUT2D eigenvalue weighted by Crippen LogP contribution is -2.33. The smallest absolute Gasteiger partial charge is 0.349 e. The van der Waals surface area contributed by atoms with Crippen molar-refractivity contribution in [2.24, 2.45) is 5.92 Å². The Labute approximate surface area is 208 Å². The molecule has 1 saturated heterocycles. The molecule has 4 aromatic rings. The molecule has 184 valence electrons. The molecule has 1 aliphatic rings. The Morgan fingerprint density at radius 1 is 1.08 bits per heavy atom. The Morgan fingerprint density at radius 3 is 2.64 bits per heavy atom. The Morgan fingerprint density at radius 2 is 1.89 bits per heavy atom. The third-order valence-corrected chi connectivity index (χ3v) is 6.44. The van der Waals surface area contributed by atoms with Gasteiger partial charge in [-0.25, -0.2) is 4.79 Å². The van der Waals surface area contributed by atoms with Gasteiger partial charge in [0, 0.05) is 29.7 Å². The van der Waals surface area contributed by atoms with Gasteiger partial charge in [-0.2, -0.15) is 0 Å². The first kappa shape index (κ1) is 23.5. The van der Waals surface area contributed by atoms with Crippen LogP contribution in [0.25, 0.3) is 22.2 Å². The van der Waals surface area contributed by atoms with E-state index in [0.29, 0.717) is 34.7 Å². The largest absolute Gasteiger partial charge is 0.490 e. The van der Waals surface area contributed by atoms with Gasteiger partial charge in [-0.05, 0) is 62.1 Å². The molecule has 0 spiro atoms. The molecule has 8 nitrogen and oxygen atoms in total. The van der Waals surface area contributed by atoms with Gasteiger partial charge >= 0.3 is 5.63 Å². The van der Waals surface area contributed by atoms with Crippen LogP contribution < -0.4 is 20.6 Å². The lowest BCUT2D eigenvalue weighted by atomic mass is 9.99. The first-order valence-corrected chi connectivity index (χ1v) is 12.2. The second-order valence-corrected chi connectivity index (χ2v) is 9.04. The predicted molar refractivity (Wildman–Crippen MR) is 140 cm³/mol. The molecule has 5 rings (SSSR count). The number of aromatic nitrogens is 2. The number of fused-ring (bicyclic) bond motifs is 1. The molecular weight excluding hydrogens is 456 g/mol. The van der Waals surface area contributed by atoms with E-state index in [1.54, 1.807) is 30.3 Å². The van der Waals surface area contributed by atoms with Crippen LogP contribution in [0.1, 0.15) is 37.0 Å². The first-order chi connectivity index (χ1) is 17.5. The monoisotopic (exact) mass is 484 g/mol. The van der Waals surface area contributed by atoms with Gasteiger partial charge in [0.05, 0.1) is 12.3 Å². The Balaban J connectivity index is 1.34. The maximum Gasteiger partial charge on any atom is 0.349 e. The number of carbonyl (C=O) groups is 1. The highest BCUT2D eigenvalue weighted by Crippen LogP contribution is 2.26. The Hall–Kier alpha value is -4.20. The number of piperidine rings is 1. The molecule has 0 saturated carbocycles. The van der Waals surface area contributed by atoms with Crippen molar-refractivity contribution in [3.63, 3.8) is 0 Å². The average molecular weight is 485 g/mol. The quantitative estimate of drug-likeness (QED) is 0.379. The molecule has 0 bridgehead atoms. The highest BCUT2D eigenvalue weighted by atomic mass is 16.5. The second-order valence-electron chi connectivity index (χ2n) is 9.04. The van der Waals surface area contributed by atoms with E-state index in [1.807, 2.05) is 31.2 Å². The van der Waals surface area contributed by atoms with Crippen LogP contribution in [-0.4, -0.2) is 35.8 Å². The number of rotatable bonds is 6. The van der Waals surface area contributed by atoms with Crippen molar-refractivity contribution in [2.75, 3.05) is 29.9 Å². The maximum atomic E-state index is 12.9. The van der Waals surface area contributed by atoms with Gasteiger partial charge in [-0.3, -0.25) is 4.79 Å². The summed E-state index contributed by atoms with van der Waals surface area (Å²) in [6.07, 6.45) is 2.32. The molecule has 0 unspecified atom stereocenters. The summed E-state index contributed by atoms with van der Waals surface area (Å²) in [4.78, 5) is 27.8. The van der Waals surface area contributed by atoms with Crippen molar-refractivity contribution in [1.82, 2.24) is 10.2 Å². The van der Waals surface area contributed by atoms with E-state index in [2.05, 4.69) is 27.3 Å². The van der Waals surface area contributed by atoms with Crippen molar-refractivity contribution in [2.45, 2.75) is 26.7 Å². The van der Waals surface area contributed by atoms with Crippen LogP contribution in [0.3, 0.4) is 0 Å². The summed E-state index contributed by atoms with van der Waals surface area (Å²) in [5.74, 6) is 1.55. The molecular formula is C28H28N4O4. The lowest BCUT2D eigenvalue weighted by Gasteiger charge is -2.30. The van der Waals surface area contributed by atoms with Gasteiger partial charge in [0.1, 0.15) is 5.56 Å². The maximum absolute atomic E-state index is 12.9. The summed E-state index contributed by atoms with van der Waals surface area (Å²) in [6, 6.07) is 18.0. The highest BCUT2D eigenvalue weighted by molar-refractivity contribution is 6.05. The van der Waals surface area contributed by atoms with E-state index >= 15 is 0 Å². The van der Waals surface area contributed by atoms with Crippen LogP contribution in [0.2, 0.25) is 0 Å². The van der Waals surface area contributed by atoms with Crippen molar-refractivity contribution >= 4 is 28.4 Å². The molecule has 0 radical (unpaired) electrons.